The van der Waals surface area contributed by atoms with Gasteiger partial charge in [0.25, 0.3) is 0 Å². The summed E-state index contributed by atoms with van der Waals surface area (Å²) in [7, 11) is 0. The van der Waals surface area contributed by atoms with Gasteiger partial charge in [0.15, 0.2) is 0 Å². The molecule has 0 amide bonds. The van der Waals surface area contributed by atoms with E-state index in [1.807, 2.05) is 13.0 Å². The lowest BCUT2D eigenvalue weighted by Gasteiger charge is -2.16. The average molecular weight is 208 g/mol. The first-order valence-electron chi connectivity index (χ1n) is 5.25. The zero-order chi connectivity index (χ0) is 10.7. The van der Waals surface area contributed by atoms with Crippen molar-refractivity contribution in [2.24, 2.45) is 5.73 Å². The molecule has 0 bridgehead atoms. The normalized spacial score (nSPS) is 20.7. The van der Waals surface area contributed by atoms with E-state index in [-0.39, 0.29) is 6.04 Å². The van der Waals surface area contributed by atoms with Gasteiger partial charge in [0.2, 0.25) is 5.88 Å². The Kier molecular flexibility index (Phi) is 3.01. The molecule has 2 N–H and O–H groups in total. The van der Waals surface area contributed by atoms with Crippen LogP contribution in [0.15, 0.2) is 12.4 Å². The van der Waals surface area contributed by atoms with Gasteiger partial charge in [-0.3, -0.25) is 0 Å². The fourth-order valence-electron chi connectivity index (χ4n) is 1.73. The third kappa shape index (κ3) is 2.36. The maximum absolute atomic E-state index is 5.84. The van der Waals surface area contributed by atoms with Crippen molar-refractivity contribution in [3.05, 3.63) is 12.4 Å². The van der Waals surface area contributed by atoms with Gasteiger partial charge in [-0.05, 0) is 13.3 Å². The molecule has 1 fully saturated rings. The molecule has 0 aromatic carbocycles. The quantitative estimate of drug-likeness (QED) is 0.779. The zero-order valence-corrected chi connectivity index (χ0v) is 8.89. The summed E-state index contributed by atoms with van der Waals surface area (Å²) >= 11 is 0. The second-order valence-corrected chi connectivity index (χ2v) is 3.64. The van der Waals surface area contributed by atoms with Crippen molar-refractivity contribution < 1.29 is 4.74 Å². The van der Waals surface area contributed by atoms with Crippen molar-refractivity contribution >= 4 is 5.82 Å². The Morgan fingerprint density at radius 2 is 2.47 bits per heavy atom. The van der Waals surface area contributed by atoms with Crippen molar-refractivity contribution in [2.75, 3.05) is 24.6 Å². The summed E-state index contributed by atoms with van der Waals surface area (Å²) in [5.74, 6) is 1.53. The molecule has 82 valence electrons. The molecule has 1 aromatic heterocycles. The summed E-state index contributed by atoms with van der Waals surface area (Å²) in [5, 5.41) is 0. The molecule has 0 spiro atoms. The monoisotopic (exact) mass is 208 g/mol. The number of nitrogens with zero attached hydrogens (tertiary/aromatic N) is 3. The molecule has 15 heavy (non-hydrogen) atoms. The molecule has 2 heterocycles. The van der Waals surface area contributed by atoms with E-state index in [1.54, 1.807) is 0 Å². The maximum atomic E-state index is 5.84. The second-order valence-electron chi connectivity index (χ2n) is 3.64. The minimum Gasteiger partial charge on any atom is -0.478 e. The van der Waals surface area contributed by atoms with Crippen molar-refractivity contribution in [3.8, 4) is 5.88 Å². The number of nitrogens with two attached hydrogens (primary N) is 1. The van der Waals surface area contributed by atoms with Gasteiger partial charge in [-0.25, -0.2) is 9.97 Å². The Bertz CT molecular complexity index is 331. The van der Waals surface area contributed by atoms with Crippen LogP contribution in [0.4, 0.5) is 5.82 Å². The highest BCUT2D eigenvalue weighted by molar-refractivity contribution is 5.42. The van der Waals surface area contributed by atoms with E-state index >= 15 is 0 Å². The highest BCUT2D eigenvalue weighted by Gasteiger charge is 2.20. The number of hydrogen-bond donors (Lipinski definition) is 1. The van der Waals surface area contributed by atoms with Crippen LogP contribution in [0.5, 0.6) is 5.88 Å². The maximum Gasteiger partial charge on any atom is 0.218 e. The summed E-state index contributed by atoms with van der Waals surface area (Å²) in [6.45, 7) is 4.38. The van der Waals surface area contributed by atoms with Gasteiger partial charge in [0.05, 0.1) is 6.61 Å². The van der Waals surface area contributed by atoms with Gasteiger partial charge in [0, 0.05) is 25.2 Å². The molecule has 1 saturated heterocycles. The zero-order valence-electron chi connectivity index (χ0n) is 8.89. The highest BCUT2D eigenvalue weighted by atomic mass is 16.5. The number of aromatic nitrogens is 2. The van der Waals surface area contributed by atoms with E-state index in [2.05, 4.69) is 14.9 Å². The molecule has 1 unspecified atom stereocenters. The van der Waals surface area contributed by atoms with Crippen LogP contribution in [0.2, 0.25) is 0 Å². The molecule has 1 aliphatic rings. The Morgan fingerprint density at radius 1 is 1.60 bits per heavy atom. The molecule has 0 radical (unpaired) electrons. The molecule has 1 aromatic rings. The molecule has 0 aliphatic carbocycles. The highest BCUT2D eigenvalue weighted by Crippen LogP contribution is 2.19. The number of ether oxygens (including phenoxy) is 1. The molecule has 1 atom stereocenters. The Balaban J connectivity index is 2.10. The van der Waals surface area contributed by atoms with Crippen molar-refractivity contribution in [2.45, 2.75) is 19.4 Å². The average Bonchev–Trinajstić information content (AvgIpc) is 2.66. The SMILES string of the molecule is CCOc1cc(N2CCC(N)C2)ncn1. The second kappa shape index (κ2) is 4.44. The summed E-state index contributed by atoms with van der Waals surface area (Å²) in [4.78, 5) is 10.4. The van der Waals surface area contributed by atoms with Crippen LogP contribution < -0.4 is 15.4 Å². The van der Waals surface area contributed by atoms with Crippen LogP contribution in [-0.2, 0) is 0 Å². The van der Waals surface area contributed by atoms with Gasteiger partial charge in [0.1, 0.15) is 12.1 Å². The van der Waals surface area contributed by atoms with Gasteiger partial charge in [-0.15, -0.1) is 0 Å². The van der Waals surface area contributed by atoms with Crippen LogP contribution in [-0.4, -0.2) is 35.7 Å². The van der Waals surface area contributed by atoms with Crippen LogP contribution in [0.3, 0.4) is 0 Å². The molecular weight excluding hydrogens is 192 g/mol. The number of anilines is 1. The largest absolute Gasteiger partial charge is 0.478 e. The van der Waals surface area contributed by atoms with Crippen LogP contribution in [0.1, 0.15) is 13.3 Å². The fraction of sp³-hybridized carbons (Fsp3) is 0.600. The van der Waals surface area contributed by atoms with Crippen molar-refractivity contribution in [3.63, 3.8) is 0 Å². The van der Waals surface area contributed by atoms with E-state index in [1.165, 1.54) is 6.33 Å². The van der Waals surface area contributed by atoms with E-state index in [9.17, 15) is 0 Å². The first-order chi connectivity index (χ1) is 7.29. The van der Waals surface area contributed by atoms with E-state index in [0.717, 1.165) is 25.3 Å². The lowest BCUT2D eigenvalue weighted by Crippen LogP contribution is -2.26. The Hall–Kier alpha value is -1.36. The third-order valence-electron chi connectivity index (χ3n) is 2.47. The number of rotatable bonds is 3. The third-order valence-corrected chi connectivity index (χ3v) is 2.47. The first kappa shape index (κ1) is 10.2. The summed E-state index contributed by atoms with van der Waals surface area (Å²) in [6, 6.07) is 2.12. The van der Waals surface area contributed by atoms with Crippen LogP contribution in [0.25, 0.3) is 0 Å². The Morgan fingerprint density at radius 3 is 3.13 bits per heavy atom. The molecule has 0 saturated carbocycles. The van der Waals surface area contributed by atoms with Gasteiger partial charge in [-0.2, -0.15) is 0 Å². The van der Waals surface area contributed by atoms with Gasteiger partial charge >= 0.3 is 0 Å². The van der Waals surface area contributed by atoms with E-state index in [4.69, 9.17) is 10.5 Å². The lowest BCUT2D eigenvalue weighted by atomic mass is 10.3. The van der Waals surface area contributed by atoms with Gasteiger partial charge in [-0.1, -0.05) is 0 Å². The van der Waals surface area contributed by atoms with Crippen LogP contribution in [0, 0.1) is 0 Å². The predicted octanol–water partition coefficient (Wildman–Crippen LogP) is 0.413. The smallest absolute Gasteiger partial charge is 0.218 e. The summed E-state index contributed by atoms with van der Waals surface area (Å²) in [5.41, 5.74) is 5.84. The number of hydrogen-bond acceptors (Lipinski definition) is 5. The van der Waals surface area contributed by atoms with Crippen molar-refractivity contribution in [1.29, 1.82) is 0 Å². The standard InChI is InChI=1S/C10H16N4O/c1-2-15-10-5-9(12-7-13-10)14-4-3-8(11)6-14/h5,7-8H,2-4,6,11H2,1H3. The molecule has 2 rings (SSSR count). The molecule has 1 aliphatic heterocycles. The molecular formula is C10H16N4O. The topological polar surface area (TPSA) is 64.3 Å². The lowest BCUT2D eigenvalue weighted by molar-refractivity contribution is 0.326. The predicted molar refractivity (Wildman–Crippen MR) is 58.0 cm³/mol. The Labute approximate surface area is 89.3 Å². The van der Waals surface area contributed by atoms with Gasteiger partial charge < -0.3 is 15.4 Å². The van der Waals surface area contributed by atoms with Crippen molar-refractivity contribution in [1.82, 2.24) is 9.97 Å². The molecule has 5 heteroatoms. The molecule has 5 nitrogen and oxygen atoms in total. The summed E-state index contributed by atoms with van der Waals surface area (Å²) in [6.07, 6.45) is 2.55. The van der Waals surface area contributed by atoms with E-state index < -0.39 is 0 Å². The minimum absolute atomic E-state index is 0.260. The summed E-state index contributed by atoms with van der Waals surface area (Å²) < 4.78 is 5.32. The van der Waals surface area contributed by atoms with E-state index in [0.29, 0.717) is 12.5 Å². The van der Waals surface area contributed by atoms with Crippen LogP contribution >= 0.6 is 0 Å². The fourth-order valence-corrected chi connectivity index (χ4v) is 1.73. The minimum atomic E-state index is 0.260. The first-order valence-corrected chi connectivity index (χ1v) is 5.25.